The summed E-state index contributed by atoms with van der Waals surface area (Å²) in [4.78, 5) is 36.8. The van der Waals surface area contributed by atoms with E-state index in [1.165, 1.54) is 0 Å². The highest BCUT2D eigenvalue weighted by Gasteiger charge is 2.31. The zero-order valence-corrected chi connectivity index (χ0v) is 22.0. The van der Waals surface area contributed by atoms with E-state index in [-0.39, 0.29) is 30.4 Å². The topological polar surface area (TPSA) is 114 Å². The molecule has 2 aromatic heterocycles. The lowest BCUT2D eigenvalue weighted by Gasteiger charge is -2.24. The molecule has 4 heterocycles. The van der Waals surface area contributed by atoms with Crippen molar-refractivity contribution in [1.82, 2.24) is 30.0 Å². The van der Waals surface area contributed by atoms with E-state index in [1.54, 1.807) is 15.8 Å². The molecule has 1 aliphatic carbocycles. The molecule has 0 saturated carbocycles. The Hall–Kier alpha value is -3.50. The van der Waals surface area contributed by atoms with Gasteiger partial charge >= 0.3 is 0 Å². The molecule has 6 rings (SSSR count). The van der Waals surface area contributed by atoms with E-state index in [9.17, 15) is 9.59 Å². The van der Waals surface area contributed by atoms with Crippen LogP contribution in [0.2, 0.25) is 5.02 Å². The molecule has 0 bridgehead atoms. The number of anilines is 1. The Balaban J connectivity index is 1.14. The van der Waals surface area contributed by atoms with Gasteiger partial charge in [0.05, 0.1) is 28.6 Å². The zero-order valence-electron chi connectivity index (χ0n) is 21.2. The maximum atomic E-state index is 13.3. The summed E-state index contributed by atoms with van der Waals surface area (Å²) in [5.74, 6) is 0.158. The second kappa shape index (κ2) is 10.3. The lowest BCUT2D eigenvalue weighted by atomic mass is 9.93. The summed E-state index contributed by atoms with van der Waals surface area (Å²) in [6.07, 6.45) is 8.10. The number of aryl methyl sites for hydroxylation is 2. The highest BCUT2D eigenvalue weighted by atomic mass is 35.5. The van der Waals surface area contributed by atoms with Gasteiger partial charge in [-0.3, -0.25) is 14.3 Å². The highest BCUT2D eigenvalue weighted by Crippen LogP contribution is 2.32. The number of carbonyl (C=O) groups is 2. The SMILES string of the molecule is Cn1cc2c(n1)CCCC2NC(=O)CN1Cc2ccc(-c3nc(NC4CCOCC4)ncc3Cl)cc2C1=O. The average molecular weight is 536 g/mol. The molecule has 2 N–H and O–H groups in total. The largest absolute Gasteiger partial charge is 0.381 e. The van der Waals surface area contributed by atoms with Crippen molar-refractivity contribution in [2.75, 3.05) is 25.1 Å². The standard InChI is InChI=1S/C27H30ClN7O3/c1-34-14-20-22(3-2-4-23(20)33-34)31-24(36)15-35-13-17-6-5-16(11-19(17)26(35)37)25-21(28)12-29-27(32-25)30-18-7-9-38-10-8-18/h5-6,11-12,14,18,22H,2-4,7-10,13,15H2,1H3,(H,31,36)(H,29,30,32). The normalized spacial score (nSPS) is 19.3. The van der Waals surface area contributed by atoms with Crippen molar-refractivity contribution in [2.24, 2.45) is 7.05 Å². The number of carbonyl (C=O) groups excluding carboxylic acids is 2. The molecule has 11 heteroatoms. The first-order chi connectivity index (χ1) is 18.4. The minimum atomic E-state index is -0.173. The molecule has 1 atom stereocenters. The quantitative estimate of drug-likeness (QED) is 0.498. The summed E-state index contributed by atoms with van der Waals surface area (Å²) in [5, 5.41) is 11.4. The van der Waals surface area contributed by atoms with Gasteiger partial charge in [0, 0.05) is 55.7 Å². The Bertz CT molecular complexity index is 1380. The number of aromatic nitrogens is 4. The van der Waals surface area contributed by atoms with Crippen LogP contribution in [0.15, 0.2) is 30.6 Å². The van der Waals surface area contributed by atoms with Crippen LogP contribution in [0.4, 0.5) is 5.95 Å². The second-order valence-electron chi connectivity index (χ2n) is 10.2. The minimum absolute atomic E-state index is 0.00236. The first kappa shape index (κ1) is 24.8. The van der Waals surface area contributed by atoms with Crippen LogP contribution in [0.3, 0.4) is 0 Å². The molecule has 0 spiro atoms. The third-order valence-electron chi connectivity index (χ3n) is 7.45. The molecule has 1 fully saturated rings. The average Bonchev–Trinajstić information content (AvgIpc) is 3.45. The Morgan fingerprint density at radius 3 is 2.92 bits per heavy atom. The molecule has 1 unspecified atom stereocenters. The number of hydrogen-bond donors (Lipinski definition) is 2. The van der Waals surface area contributed by atoms with Crippen molar-refractivity contribution in [3.05, 3.63) is 58.0 Å². The molecule has 10 nitrogen and oxygen atoms in total. The van der Waals surface area contributed by atoms with Crippen molar-refractivity contribution in [1.29, 1.82) is 0 Å². The summed E-state index contributed by atoms with van der Waals surface area (Å²) < 4.78 is 7.21. The van der Waals surface area contributed by atoms with Crippen molar-refractivity contribution in [3.63, 3.8) is 0 Å². The molecule has 3 aromatic rings. The zero-order chi connectivity index (χ0) is 26.2. The number of hydrogen-bond acceptors (Lipinski definition) is 7. The van der Waals surface area contributed by atoms with Gasteiger partial charge in [-0.15, -0.1) is 0 Å². The first-order valence-electron chi connectivity index (χ1n) is 13.1. The summed E-state index contributed by atoms with van der Waals surface area (Å²) in [5.41, 5.74) is 4.85. The van der Waals surface area contributed by atoms with Crippen LogP contribution in [0, 0.1) is 0 Å². The van der Waals surface area contributed by atoms with Gasteiger partial charge in [-0.2, -0.15) is 5.10 Å². The Morgan fingerprint density at radius 2 is 2.08 bits per heavy atom. The number of amides is 2. The van der Waals surface area contributed by atoms with Crippen LogP contribution in [0.5, 0.6) is 0 Å². The molecule has 2 aliphatic heterocycles. The number of halogens is 1. The predicted molar refractivity (Wildman–Crippen MR) is 142 cm³/mol. The summed E-state index contributed by atoms with van der Waals surface area (Å²) in [6, 6.07) is 5.81. The number of rotatable bonds is 6. The molecular formula is C27H30ClN7O3. The van der Waals surface area contributed by atoms with Gasteiger partial charge in [0.25, 0.3) is 5.91 Å². The number of ether oxygens (including phenoxy) is 1. The fraction of sp³-hybridized carbons (Fsp3) is 0.444. The molecule has 198 valence electrons. The number of nitrogens with zero attached hydrogens (tertiary/aromatic N) is 5. The van der Waals surface area contributed by atoms with Crippen LogP contribution in [-0.4, -0.2) is 62.3 Å². The minimum Gasteiger partial charge on any atom is -0.381 e. The number of fused-ring (bicyclic) bond motifs is 2. The van der Waals surface area contributed by atoms with Gasteiger partial charge in [-0.1, -0.05) is 23.7 Å². The van der Waals surface area contributed by atoms with Crippen molar-refractivity contribution in [3.8, 4) is 11.3 Å². The third-order valence-corrected chi connectivity index (χ3v) is 7.73. The van der Waals surface area contributed by atoms with E-state index < -0.39 is 0 Å². The van der Waals surface area contributed by atoms with Crippen LogP contribution in [0.1, 0.15) is 58.9 Å². The fourth-order valence-electron chi connectivity index (χ4n) is 5.53. The van der Waals surface area contributed by atoms with Gasteiger partial charge in [-0.05, 0) is 43.7 Å². The van der Waals surface area contributed by atoms with E-state index >= 15 is 0 Å². The fourth-order valence-corrected chi connectivity index (χ4v) is 5.73. The maximum Gasteiger partial charge on any atom is 0.254 e. The van der Waals surface area contributed by atoms with E-state index in [4.69, 9.17) is 16.3 Å². The van der Waals surface area contributed by atoms with E-state index in [1.807, 2.05) is 31.4 Å². The van der Waals surface area contributed by atoms with Gasteiger partial charge in [0.1, 0.15) is 6.54 Å². The number of nitrogens with one attached hydrogen (secondary N) is 2. The van der Waals surface area contributed by atoms with Gasteiger partial charge < -0.3 is 20.3 Å². The second-order valence-corrected chi connectivity index (χ2v) is 10.6. The lowest BCUT2D eigenvalue weighted by Crippen LogP contribution is -2.39. The van der Waals surface area contributed by atoms with Crippen molar-refractivity contribution in [2.45, 2.75) is 50.7 Å². The van der Waals surface area contributed by atoms with Gasteiger partial charge in [0.2, 0.25) is 11.9 Å². The van der Waals surface area contributed by atoms with Crippen LogP contribution < -0.4 is 10.6 Å². The Kier molecular flexibility index (Phi) is 6.75. The number of benzene rings is 1. The Morgan fingerprint density at radius 1 is 1.24 bits per heavy atom. The molecule has 1 saturated heterocycles. The summed E-state index contributed by atoms with van der Waals surface area (Å²) in [6.45, 7) is 1.82. The van der Waals surface area contributed by atoms with Crippen molar-refractivity contribution < 1.29 is 14.3 Å². The predicted octanol–water partition coefficient (Wildman–Crippen LogP) is 3.27. The summed E-state index contributed by atoms with van der Waals surface area (Å²) >= 11 is 6.46. The smallest absolute Gasteiger partial charge is 0.254 e. The van der Waals surface area contributed by atoms with Gasteiger partial charge in [-0.25, -0.2) is 9.97 Å². The highest BCUT2D eigenvalue weighted by molar-refractivity contribution is 6.33. The van der Waals surface area contributed by atoms with E-state index in [0.29, 0.717) is 42.0 Å². The molecule has 1 aromatic carbocycles. The summed E-state index contributed by atoms with van der Waals surface area (Å²) in [7, 11) is 1.89. The van der Waals surface area contributed by atoms with E-state index in [0.717, 1.165) is 54.5 Å². The maximum absolute atomic E-state index is 13.3. The molecule has 0 radical (unpaired) electrons. The van der Waals surface area contributed by atoms with Crippen LogP contribution >= 0.6 is 11.6 Å². The van der Waals surface area contributed by atoms with E-state index in [2.05, 4.69) is 25.7 Å². The monoisotopic (exact) mass is 535 g/mol. The molecule has 3 aliphatic rings. The van der Waals surface area contributed by atoms with Crippen LogP contribution in [0.25, 0.3) is 11.3 Å². The third kappa shape index (κ3) is 4.98. The van der Waals surface area contributed by atoms with Crippen LogP contribution in [-0.2, 0) is 29.5 Å². The first-order valence-corrected chi connectivity index (χ1v) is 13.4. The lowest BCUT2D eigenvalue weighted by molar-refractivity contribution is -0.122. The molecule has 38 heavy (non-hydrogen) atoms. The van der Waals surface area contributed by atoms with Gasteiger partial charge in [0.15, 0.2) is 0 Å². The van der Waals surface area contributed by atoms with Crippen molar-refractivity contribution >= 4 is 29.4 Å². The molecule has 2 amide bonds. The molecular weight excluding hydrogens is 506 g/mol. The Labute approximate surface area is 225 Å².